The lowest BCUT2D eigenvalue weighted by Gasteiger charge is -2.26. The molecule has 1 fully saturated rings. The van der Waals surface area contributed by atoms with E-state index in [9.17, 15) is 18.0 Å². The molecule has 0 aliphatic carbocycles. The van der Waals surface area contributed by atoms with Crippen molar-refractivity contribution in [2.45, 2.75) is 38.6 Å². The number of esters is 1. The van der Waals surface area contributed by atoms with E-state index in [1.807, 2.05) is 13.8 Å². The number of benzene rings is 1. The fourth-order valence-electron chi connectivity index (χ4n) is 3.87. The van der Waals surface area contributed by atoms with Gasteiger partial charge in [-0.05, 0) is 44.5 Å². The summed E-state index contributed by atoms with van der Waals surface area (Å²) >= 11 is 0. The predicted octanol–water partition coefficient (Wildman–Crippen LogP) is 2.58. The fraction of sp³-hybridized carbons (Fsp3) is 0.478. The van der Waals surface area contributed by atoms with Crippen molar-refractivity contribution in [3.63, 3.8) is 0 Å². The van der Waals surface area contributed by atoms with E-state index in [4.69, 9.17) is 14.2 Å². The zero-order chi connectivity index (χ0) is 24.2. The summed E-state index contributed by atoms with van der Waals surface area (Å²) in [5.41, 5.74) is 2.34. The number of nitrogens with zero attached hydrogens (tertiary/aromatic N) is 2. The van der Waals surface area contributed by atoms with Crippen LogP contribution in [0.3, 0.4) is 0 Å². The number of methoxy groups -OCH3 is 1. The number of carbonyl (C=O) groups excluding carboxylic acids is 2. The number of morpholine rings is 1. The van der Waals surface area contributed by atoms with Crippen molar-refractivity contribution < 1.29 is 32.2 Å². The topological polar surface area (TPSA) is 104 Å². The van der Waals surface area contributed by atoms with Crippen LogP contribution in [-0.2, 0) is 26.0 Å². The van der Waals surface area contributed by atoms with E-state index in [1.165, 1.54) is 29.6 Å². The minimum Gasteiger partial charge on any atom is -0.495 e. The molecule has 9 nitrogen and oxygen atoms in total. The van der Waals surface area contributed by atoms with Crippen LogP contribution >= 0.6 is 0 Å². The second-order valence-corrected chi connectivity index (χ2v) is 9.72. The fourth-order valence-corrected chi connectivity index (χ4v) is 5.46. The second-order valence-electron chi connectivity index (χ2n) is 7.82. The Morgan fingerprint density at radius 3 is 2.45 bits per heavy atom. The third kappa shape index (κ3) is 5.29. The molecule has 3 rings (SSSR count). The molecular formula is C23H30N2O7S. The largest absolute Gasteiger partial charge is 0.495 e. The van der Waals surface area contributed by atoms with Gasteiger partial charge in [0, 0.05) is 36.6 Å². The number of sulfonamides is 1. The van der Waals surface area contributed by atoms with Gasteiger partial charge in [0.05, 0.1) is 25.9 Å². The molecule has 0 spiro atoms. The molecule has 0 amide bonds. The molecule has 0 radical (unpaired) electrons. The van der Waals surface area contributed by atoms with Gasteiger partial charge in [-0.1, -0.05) is 6.92 Å². The monoisotopic (exact) mass is 478 g/mol. The molecular weight excluding hydrogens is 448 g/mol. The molecule has 180 valence electrons. The molecule has 10 heteroatoms. The number of Topliss-reactive ketones (excluding diaryl/α,β-unsaturated/α-hetero) is 1. The molecule has 1 saturated heterocycles. The van der Waals surface area contributed by atoms with E-state index in [1.54, 1.807) is 6.07 Å². The third-order valence-electron chi connectivity index (χ3n) is 5.64. The molecule has 1 aliphatic heterocycles. The number of carbonyl (C=O) groups is 2. The predicted molar refractivity (Wildman–Crippen MR) is 121 cm³/mol. The van der Waals surface area contributed by atoms with Crippen molar-refractivity contribution in [3.8, 4) is 5.75 Å². The van der Waals surface area contributed by atoms with Crippen LogP contribution in [0.2, 0.25) is 0 Å². The summed E-state index contributed by atoms with van der Waals surface area (Å²) in [7, 11) is -2.54. The van der Waals surface area contributed by atoms with Crippen molar-refractivity contribution in [2.75, 3.05) is 40.0 Å². The maximum absolute atomic E-state index is 13.1. The van der Waals surface area contributed by atoms with Crippen LogP contribution in [0.4, 0.5) is 0 Å². The van der Waals surface area contributed by atoms with Crippen LogP contribution < -0.4 is 4.74 Å². The number of hydrogen-bond acceptors (Lipinski definition) is 7. The first-order chi connectivity index (χ1) is 15.7. The first-order valence-corrected chi connectivity index (χ1v) is 12.3. The van der Waals surface area contributed by atoms with Crippen LogP contribution in [0.25, 0.3) is 0 Å². The molecule has 2 aromatic rings. The molecule has 1 aliphatic rings. The maximum atomic E-state index is 13.1. The van der Waals surface area contributed by atoms with Crippen LogP contribution in [0, 0.1) is 13.8 Å². The highest BCUT2D eigenvalue weighted by atomic mass is 32.2. The highest BCUT2D eigenvalue weighted by Gasteiger charge is 2.30. The Kier molecular flexibility index (Phi) is 7.93. The van der Waals surface area contributed by atoms with Gasteiger partial charge in [-0.3, -0.25) is 4.79 Å². The summed E-state index contributed by atoms with van der Waals surface area (Å²) in [5, 5.41) is 0. The van der Waals surface area contributed by atoms with Gasteiger partial charge < -0.3 is 18.8 Å². The second kappa shape index (κ2) is 10.5. The van der Waals surface area contributed by atoms with E-state index in [0.29, 0.717) is 18.8 Å². The maximum Gasteiger partial charge on any atom is 0.338 e. The molecule has 33 heavy (non-hydrogen) atoms. The molecule has 0 atom stereocenters. The average Bonchev–Trinajstić information content (AvgIpc) is 3.11. The highest BCUT2D eigenvalue weighted by Crippen LogP contribution is 2.29. The van der Waals surface area contributed by atoms with E-state index in [-0.39, 0.29) is 35.1 Å². The van der Waals surface area contributed by atoms with Crippen molar-refractivity contribution >= 4 is 21.8 Å². The van der Waals surface area contributed by atoms with Gasteiger partial charge >= 0.3 is 5.97 Å². The Balaban J connectivity index is 1.77. The molecule has 0 unspecified atom stereocenters. The summed E-state index contributed by atoms with van der Waals surface area (Å²) in [6.45, 7) is 7.24. The Morgan fingerprint density at radius 1 is 1.12 bits per heavy atom. The summed E-state index contributed by atoms with van der Waals surface area (Å²) in [5.74, 6) is -0.974. The summed E-state index contributed by atoms with van der Waals surface area (Å²) in [4.78, 5) is 25.2. The van der Waals surface area contributed by atoms with Gasteiger partial charge in [0.15, 0.2) is 6.61 Å². The normalized spacial score (nSPS) is 14.8. The number of aromatic nitrogens is 1. The molecule has 0 N–H and O–H groups in total. The van der Waals surface area contributed by atoms with E-state index >= 15 is 0 Å². The quantitative estimate of drug-likeness (QED) is 0.403. The van der Waals surface area contributed by atoms with Crippen molar-refractivity contribution in [1.29, 1.82) is 0 Å². The zero-order valence-electron chi connectivity index (χ0n) is 19.4. The SMILES string of the molecule is CCCn1c(C)cc(C(=O)COC(=O)c2ccc(OC)c(S(=O)(=O)N3CCOCC3)c2)c1C. The molecule has 1 aromatic carbocycles. The van der Waals surface area contributed by atoms with Crippen LogP contribution in [-0.4, -0.2) is 69.1 Å². The Hall–Kier alpha value is -2.69. The lowest BCUT2D eigenvalue weighted by molar-refractivity contribution is 0.0474. The number of hydrogen-bond donors (Lipinski definition) is 0. The number of aryl methyl sites for hydroxylation is 1. The highest BCUT2D eigenvalue weighted by molar-refractivity contribution is 7.89. The summed E-state index contributed by atoms with van der Waals surface area (Å²) < 4.78 is 45.2. The third-order valence-corrected chi connectivity index (χ3v) is 7.56. The Bertz CT molecular complexity index is 1130. The smallest absolute Gasteiger partial charge is 0.338 e. The number of rotatable bonds is 9. The van der Waals surface area contributed by atoms with Gasteiger partial charge in [-0.15, -0.1) is 0 Å². The molecule has 0 saturated carbocycles. The lowest BCUT2D eigenvalue weighted by atomic mass is 10.1. The number of ketones is 1. The lowest BCUT2D eigenvalue weighted by Crippen LogP contribution is -2.40. The van der Waals surface area contributed by atoms with Crippen LogP contribution in [0.5, 0.6) is 5.75 Å². The molecule has 0 bridgehead atoms. The van der Waals surface area contributed by atoms with Gasteiger partial charge in [-0.25, -0.2) is 13.2 Å². The van der Waals surface area contributed by atoms with E-state index < -0.39 is 22.6 Å². The summed E-state index contributed by atoms with van der Waals surface area (Å²) in [6.07, 6.45) is 0.937. The first kappa shape index (κ1) is 24.9. The van der Waals surface area contributed by atoms with Gasteiger partial charge in [0.25, 0.3) is 0 Å². The van der Waals surface area contributed by atoms with Gasteiger partial charge in [0.1, 0.15) is 10.6 Å². The minimum atomic E-state index is -3.90. The first-order valence-electron chi connectivity index (χ1n) is 10.8. The minimum absolute atomic E-state index is 0.0203. The zero-order valence-corrected chi connectivity index (χ0v) is 20.2. The van der Waals surface area contributed by atoms with Crippen molar-refractivity contribution in [3.05, 3.63) is 46.8 Å². The summed E-state index contributed by atoms with van der Waals surface area (Å²) in [6, 6.07) is 5.84. The van der Waals surface area contributed by atoms with Crippen molar-refractivity contribution in [2.24, 2.45) is 0 Å². The van der Waals surface area contributed by atoms with Crippen molar-refractivity contribution in [1.82, 2.24) is 8.87 Å². The van der Waals surface area contributed by atoms with Gasteiger partial charge in [-0.2, -0.15) is 4.31 Å². The molecule has 1 aromatic heterocycles. The van der Waals surface area contributed by atoms with E-state index in [2.05, 4.69) is 11.5 Å². The standard InChI is InChI=1S/C23H30N2O7S/c1-5-8-25-16(2)13-19(17(25)3)20(26)15-32-23(27)18-6-7-21(30-4)22(14-18)33(28,29)24-9-11-31-12-10-24/h6-7,13-14H,5,8-12,15H2,1-4H3. The Labute approximate surface area is 194 Å². The molecule has 2 heterocycles. The van der Waals surface area contributed by atoms with Gasteiger partial charge in [0.2, 0.25) is 15.8 Å². The van der Waals surface area contributed by atoms with Crippen LogP contribution in [0.1, 0.15) is 45.4 Å². The number of ether oxygens (including phenoxy) is 3. The Morgan fingerprint density at radius 2 is 1.82 bits per heavy atom. The van der Waals surface area contributed by atoms with E-state index in [0.717, 1.165) is 24.4 Å². The average molecular weight is 479 g/mol. The van der Waals surface area contributed by atoms with Crippen LogP contribution in [0.15, 0.2) is 29.2 Å².